The van der Waals surface area contributed by atoms with Crippen molar-refractivity contribution >= 4 is 27.5 Å². The van der Waals surface area contributed by atoms with Gasteiger partial charge in [-0.25, -0.2) is 4.98 Å². The van der Waals surface area contributed by atoms with E-state index < -0.39 is 0 Å². The second-order valence-electron chi connectivity index (χ2n) is 4.95. The van der Waals surface area contributed by atoms with Crippen LogP contribution in [-0.4, -0.2) is 15.9 Å². The number of nitrogens with one attached hydrogen (secondary N) is 1. The lowest BCUT2D eigenvalue weighted by molar-refractivity contribution is 0.102. The molecule has 1 heterocycles. The average molecular weight is 332 g/mol. The number of aromatic nitrogens is 2. The smallest absolute Gasteiger partial charge is 0.275 e. The Hall–Kier alpha value is -1.75. The fourth-order valence-electron chi connectivity index (χ4n) is 2.39. The third-order valence-electron chi connectivity index (χ3n) is 3.44. The van der Waals surface area contributed by atoms with Crippen LogP contribution in [-0.2, 0) is 12.8 Å². The highest BCUT2D eigenvalue weighted by atomic mass is 79.9. The quantitative estimate of drug-likeness (QED) is 0.918. The molecule has 2 aromatic rings. The molecule has 0 spiro atoms. The van der Waals surface area contributed by atoms with Crippen molar-refractivity contribution in [2.24, 2.45) is 0 Å². The van der Waals surface area contributed by atoms with E-state index in [4.69, 9.17) is 0 Å². The Morgan fingerprint density at radius 2 is 1.95 bits per heavy atom. The third-order valence-corrected chi connectivity index (χ3v) is 4.10. The maximum Gasteiger partial charge on any atom is 0.275 e. The lowest BCUT2D eigenvalue weighted by Crippen LogP contribution is -2.14. The molecule has 20 heavy (non-hydrogen) atoms. The Labute approximate surface area is 125 Å². The van der Waals surface area contributed by atoms with E-state index in [0.717, 1.165) is 28.7 Å². The zero-order chi connectivity index (χ0) is 14.1. The van der Waals surface area contributed by atoms with E-state index >= 15 is 0 Å². The minimum absolute atomic E-state index is 0.240. The fraction of sp³-hybridized carbons (Fsp3) is 0.267. The zero-order valence-electron chi connectivity index (χ0n) is 11.1. The Bertz CT molecular complexity index is 668. The number of rotatable bonds is 2. The van der Waals surface area contributed by atoms with Gasteiger partial charge in [-0.2, -0.15) is 0 Å². The number of amides is 1. The molecule has 0 unspecified atom stereocenters. The normalized spacial score (nSPS) is 13.1. The summed E-state index contributed by atoms with van der Waals surface area (Å²) in [5, 5.41) is 2.89. The van der Waals surface area contributed by atoms with Gasteiger partial charge in [-0.15, -0.1) is 0 Å². The van der Waals surface area contributed by atoms with E-state index in [1.54, 1.807) is 6.20 Å². The maximum atomic E-state index is 12.1. The molecule has 1 aromatic carbocycles. The molecule has 1 aliphatic rings. The summed E-state index contributed by atoms with van der Waals surface area (Å²) in [7, 11) is 0. The SMILES string of the molecule is Cc1cnc(C(=O)Nc2cc3c(cc2Br)CCC3)cn1. The van der Waals surface area contributed by atoms with E-state index in [9.17, 15) is 4.79 Å². The van der Waals surface area contributed by atoms with Gasteiger partial charge in [-0.05, 0) is 65.4 Å². The van der Waals surface area contributed by atoms with Gasteiger partial charge < -0.3 is 5.32 Å². The van der Waals surface area contributed by atoms with E-state index in [1.165, 1.54) is 23.7 Å². The summed E-state index contributed by atoms with van der Waals surface area (Å²) < 4.78 is 0.909. The number of hydrogen-bond donors (Lipinski definition) is 1. The molecular formula is C15H14BrN3O. The number of carbonyl (C=O) groups is 1. The van der Waals surface area contributed by atoms with E-state index in [-0.39, 0.29) is 5.91 Å². The van der Waals surface area contributed by atoms with Crippen molar-refractivity contribution in [3.8, 4) is 0 Å². The van der Waals surface area contributed by atoms with Crippen LogP contribution in [0, 0.1) is 6.92 Å². The van der Waals surface area contributed by atoms with Crippen LogP contribution in [0.3, 0.4) is 0 Å². The zero-order valence-corrected chi connectivity index (χ0v) is 12.7. The molecule has 102 valence electrons. The summed E-state index contributed by atoms with van der Waals surface area (Å²) in [5.41, 5.74) is 4.59. The van der Waals surface area contributed by atoms with Gasteiger partial charge in [0, 0.05) is 10.7 Å². The predicted octanol–water partition coefficient (Wildman–Crippen LogP) is 3.29. The number of halogens is 1. The lowest BCUT2D eigenvalue weighted by Gasteiger charge is -2.10. The van der Waals surface area contributed by atoms with Crippen molar-refractivity contribution in [3.63, 3.8) is 0 Å². The number of hydrogen-bond acceptors (Lipinski definition) is 3. The molecule has 3 rings (SSSR count). The van der Waals surface area contributed by atoms with Gasteiger partial charge >= 0.3 is 0 Å². The summed E-state index contributed by atoms with van der Waals surface area (Å²) in [6, 6.07) is 4.14. The van der Waals surface area contributed by atoms with Gasteiger partial charge in [0.1, 0.15) is 5.69 Å². The highest BCUT2D eigenvalue weighted by Gasteiger charge is 2.16. The molecule has 4 nitrogen and oxygen atoms in total. The molecule has 5 heteroatoms. The van der Waals surface area contributed by atoms with Gasteiger partial charge in [0.15, 0.2) is 0 Å². The van der Waals surface area contributed by atoms with Crippen LogP contribution in [0.1, 0.15) is 33.7 Å². The van der Waals surface area contributed by atoms with Gasteiger partial charge in [0.2, 0.25) is 0 Å². The van der Waals surface area contributed by atoms with E-state index in [1.807, 2.05) is 13.0 Å². The van der Waals surface area contributed by atoms with Crippen molar-refractivity contribution in [2.75, 3.05) is 5.32 Å². The minimum Gasteiger partial charge on any atom is -0.320 e. The summed E-state index contributed by atoms with van der Waals surface area (Å²) in [6.07, 6.45) is 6.46. The molecule has 1 aliphatic carbocycles. The first-order valence-corrected chi connectivity index (χ1v) is 7.34. The lowest BCUT2D eigenvalue weighted by atomic mass is 10.1. The second-order valence-corrected chi connectivity index (χ2v) is 5.81. The number of fused-ring (bicyclic) bond motifs is 1. The molecular weight excluding hydrogens is 318 g/mol. The minimum atomic E-state index is -0.240. The van der Waals surface area contributed by atoms with Crippen LogP contribution in [0.25, 0.3) is 0 Å². The molecule has 0 bridgehead atoms. The summed E-state index contributed by atoms with van der Waals surface area (Å²) >= 11 is 3.51. The van der Waals surface area contributed by atoms with Crippen molar-refractivity contribution in [2.45, 2.75) is 26.2 Å². The fourth-order valence-corrected chi connectivity index (χ4v) is 2.88. The molecule has 0 fully saturated rings. The Kier molecular flexibility index (Phi) is 3.53. The predicted molar refractivity (Wildman–Crippen MR) is 80.9 cm³/mol. The summed E-state index contributed by atoms with van der Waals surface area (Å²) in [6.45, 7) is 1.84. The van der Waals surface area contributed by atoms with Crippen molar-refractivity contribution < 1.29 is 4.79 Å². The van der Waals surface area contributed by atoms with Crippen LogP contribution in [0.15, 0.2) is 29.0 Å². The summed E-state index contributed by atoms with van der Waals surface area (Å²) in [5.74, 6) is -0.240. The second kappa shape index (κ2) is 5.32. The first kappa shape index (κ1) is 13.2. The molecule has 0 aliphatic heterocycles. The number of carbonyl (C=O) groups excluding carboxylic acids is 1. The third kappa shape index (κ3) is 2.58. The van der Waals surface area contributed by atoms with E-state index in [2.05, 4.69) is 37.3 Å². The van der Waals surface area contributed by atoms with E-state index in [0.29, 0.717) is 5.69 Å². The van der Waals surface area contributed by atoms with Crippen LogP contribution in [0.5, 0.6) is 0 Å². The van der Waals surface area contributed by atoms with Gasteiger partial charge in [-0.3, -0.25) is 9.78 Å². The standard InChI is InChI=1S/C15H14BrN3O/c1-9-7-18-14(8-17-9)15(20)19-13-6-11-4-2-3-10(11)5-12(13)16/h5-8H,2-4H2,1H3,(H,19,20). The van der Waals surface area contributed by atoms with Crippen molar-refractivity contribution in [3.05, 3.63) is 51.5 Å². The highest BCUT2D eigenvalue weighted by molar-refractivity contribution is 9.10. The highest BCUT2D eigenvalue weighted by Crippen LogP contribution is 2.31. The Morgan fingerprint density at radius 3 is 2.65 bits per heavy atom. The average Bonchev–Trinajstić information content (AvgIpc) is 2.87. The molecule has 1 amide bonds. The molecule has 0 saturated carbocycles. The first-order valence-electron chi connectivity index (χ1n) is 6.55. The number of nitrogens with zero attached hydrogens (tertiary/aromatic N) is 2. The van der Waals surface area contributed by atoms with Gasteiger partial charge in [-0.1, -0.05) is 0 Å². The van der Waals surface area contributed by atoms with Crippen LogP contribution >= 0.6 is 15.9 Å². The Balaban J connectivity index is 1.84. The summed E-state index contributed by atoms with van der Waals surface area (Å²) in [4.78, 5) is 20.3. The van der Waals surface area contributed by atoms with Gasteiger partial charge in [0.25, 0.3) is 5.91 Å². The Morgan fingerprint density at radius 1 is 1.20 bits per heavy atom. The van der Waals surface area contributed by atoms with Crippen LogP contribution < -0.4 is 5.32 Å². The van der Waals surface area contributed by atoms with Crippen LogP contribution in [0.4, 0.5) is 5.69 Å². The molecule has 1 N–H and O–H groups in total. The first-order chi connectivity index (χ1) is 9.63. The van der Waals surface area contributed by atoms with Crippen LogP contribution in [0.2, 0.25) is 0 Å². The molecule has 0 atom stereocenters. The maximum absolute atomic E-state index is 12.1. The molecule has 1 aromatic heterocycles. The molecule has 0 saturated heterocycles. The topological polar surface area (TPSA) is 54.9 Å². The molecule has 0 radical (unpaired) electrons. The number of aryl methyl sites for hydroxylation is 3. The van der Waals surface area contributed by atoms with Crippen molar-refractivity contribution in [1.29, 1.82) is 0 Å². The monoisotopic (exact) mass is 331 g/mol. The largest absolute Gasteiger partial charge is 0.320 e. The van der Waals surface area contributed by atoms with Crippen molar-refractivity contribution in [1.82, 2.24) is 9.97 Å². The number of anilines is 1. The number of benzene rings is 1. The van der Waals surface area contributed by atoms with Gasteiger partial charge in [0.05, 0.1) is 17.6 Å².